The van der Waals surface area contributed by atoms with E-state index in [-0.39, 0.29) is 0 Å². The van der Waals surface area contributed by atoms with Gasteiger partial charge in [0.15, 0.2) is 0 Å². The first-order chi connectivity index (χ1) is 4.79. The summed E-state index contributed by atoms with van der Waals surface area (Å²) < 4.78 is 0. The third-order valence-electron chi connectivity index (χ3n) is 3.20. The van der Waals surface area contributed by atoms with Gasteiger partial charge in [0.1, 0.15) is 0 Å². The smallest absolute Gasteiger partial charge is 0.00719 e. The molecule has 2 unspecified atom stereocenters. The zero-order chi connectivity index (χ0) is 7.61. The van der Waals surface area contributed by atoms with E-state index in [1.807, 2.05) is 0 Å². The van der Waals surface area contributed by atoms with Crippen molar-refractivity contribution < 1.29 is 0 Å². The van der Waals surface area contributed by atoms with E-state index in [0.717, 1.165) is 12.5 Å². The average Bonchev–Trinajstić information content (AvgIpc) is 2.65. The van der Waals surface area contributed by atoms with Crippen molar-refractivity contribution in [3.63, 3.8) is 0 Å². The molecule has 1 rings (SSSR count). The molecule has 2 atom stereocenters. The fraction of sp³-hybridized carbons (Fsp3) is 1.00. The van der Waals surface area contributed by atoms with E-state index in [1.165, 1.54) is 25.7 Å². The Balaban J connectivity index is 2.34. The van der Waals surface area contributed by atoms with Crippen molar-refractivity contribution in [3.05, 3.63) is 0 Å². The van der Waals surface area contributed by atoms with Gasteiger partial charge in [-0.15, -0.1) is 0 Å². The fourth-order valence-corrected chi connectivity index (χ4v) is 2.21. The molecule has 0 spiro atoms. The molecular formula is C9H19N. The topological polar surface area (TPSA) is 26.0 Å². The molecule has 0 radical (unpaired) electrons. The van der Waals surface area contributed by atoms with Gasteiger partial charge in [0, 0.05) is 0 Å². The highest BCUT2D eigenvalue weighted by atomic mass is 14.6. The first kappa shape index (κ1) is 8.06. The van der Waals surface area contributed by atoms with Gasteiger partial charge in [0.25, 0.3) is 0 Å². The van der Waals surface area contributed by atoms with Crippen LogP contribution in [0.1, 0.15) is 39.5 Å². The standard InChI is InChI=1S/C9H19N/c1-3-8-7-9(8,4-2)5-6-10/h8H,3-7,10H2,1-2H3. The second-order valence-electron chi connectivity index (χ2n) is 3.56. The molecule has 10 heavy (non-hydrogen) atoms. The fourth-order valence-electron chi connectivity index (χ4n) is 2.21. The summed E-state index contributed by atoms with van der Waals surface area (Å²) in [4.78, 5) is 0. The molecule has 1 heteroatoms. The summed E-state index contributed by atoms with van der Waals surface area (Å²) >= 11 is 0. The van der Waals surface area contributed by atoms with Gasteiger partial charge in [0.2, 0.25) is 0 Å². The molecule has 1 aliphatic carbocycles. The van der Waals surface area contributed by atoms with E-state index < -0.39 is 0 Å². The van der Waals surface area contributed by atoms with Crippen LogP contribution in [-0.4, -0.2) is 6.54 Å². The molecule has 1 saturated carbocycles. The molecule has 1 aliphatic rings. The van der Waals surface area contributed by atoms with Gasteiger partial charge in [-0.2, -0.15) is 0 Å². The van der Waals surface area contributed by atoms with Crippen molar-refractivity contribution in [2.45, 2.75) is 39.5 Å². The number of nitrogens with two attached hydrogens (primary N) is 1. The highest BCUT2D eigenvalue weighted by Crippen LogP contribution is 2.58. The molecule has 0 aliphatic heterocycles. The van der Waals surface area contributed by atoms with E-state index in [1.54, 1.807) is 0 Å². The molecule has 0 aromatic heterocycles. The van der Waals surface area contributed by atoms with Crippen molar-refractivity contribution in [1.29, 1.82) is 0 Å². The summed E-state index contributed by atoms with van der Waals surface area (Å²) in [5.74, 6) is 1.00. The van der Waals surface area contributed by atoms with Gasteiger partial charge in [-0.1, -0.05) is 26.7 Å². The molecule has 2 N–H and O–H groups in total. The third-order valence-corrected chi connectivity index (χ3v) is 3.20. The molecule has 0 heterocycles. The largest absolute Gasteiger partial charge is 0.330 e. The van der Waals surface area contributed by atoms with Crippen LogP contribution in [-0.2, 0) is 0 Å². The number of hydrogen-bond donors (Lipinski definition) is 1. The molecule has 60 valence electrons. The lowest BCUT2D eigenvalue weighted by molar-refractivity contribution is 0.404. The zero-order valence-corrected chi connectivity index (χ0v) is 7.19. The Bertz CT molecular complexity index is 111. The monoisotopic (exact) mass is 141 g/mol. The zero-order valence-electron chi connectivity index (χ0n) is 7.19. The quantitative estimate of drug-likeness (QED) is 0.638. The van der Waals surface area contributed by atoms with Crippen molar-refractivity contribution >= 4 is 0 Å². The molecule has 0 aromatic rings. The SMILES string of the molecule is CCC1CC1(CC)CCN. The van der Waals surface area contributed by atoms with Crippen LogP contribution in [0.3, 0.4) is 0 Å². The van der Waals surface area contributed by atoms with Gasteiger partial charge in [0.05, 0.1) is 0 Å². The van der Waals surface area contributed by atoms with E-state index in [0.29, 0.717) is 5.41 Å². The minimum atomic E-state index is 0.684. The summed E-state index contributed by atoms with van der Waals surface area (Å²) in [6, 6.07) is 0. The Labute approximate surface area is 64.0 Å². The van der Waals surface area contributed by atoms with Crippen molar-refractivity contribution in [3.8, 4) is 0 Å². The Morgan fingerprint density at radius 1 is 1.50 bits per heavy atom. The van der Waals surface area contributed by atoms with Gasteiger partial charge in [-0.3, -0.25) is 0 Å². The molecular weight excluding hydrogens is 122 g/mol. The molecule has 0 saturated heterocycles. The van der Waals surface area contributed by atoms with E-state index in [4.69, 9.17) is 5.73 Å². The van der Waals surface area contributed by atoms with Crippen LogP contribution in [0, 0.1) is 11.3 Å². The van der Waals surface area contributed by atoms with Crippen molar-refractivity contribution in [1.82, 2.24) is 0 Å². The third kappa shape index (κ3) is 1.20. The average molecular weight is 141 g/mol. The maximum Gasteiger partial charge on any atom is -0.00719 e. The van der Waals surface area contributed by atoms with Gasteiger partial charge in [-0.25, -0.2) is 0 Å². The van der Waals surface area contributed by atoms with Crippen molar-refractivity contribution in [2.75, 3.05) is 6.54 Å². The van der Waals surface area contributed by atoms with Crippen LogP contribution in [0.25, 0.3) is 0 Å². The Hall–Kier alpha value is -0.0400. The number of hydrogen-bond acceptors (Lipinski definition) is 1. The number of rotatable bonds is 4. The van der Waals surface area contributed by atoms with Crippen LogP contribution in [0.5, 0.6) is 0 Å². The molecule has 0 aromatic carbocycles. The summed E-state index contributed by atoms with van der Waals surface area (Å²) in [6.45, 7) is 5.47. The van der Waals surface area contributed by atoms with Crippen LogP contribution in [0.2, 0.25) is 0 Å². The highest BCUT2D eigenvalue weighted by Gasteiger charge is 2.49. The Kier molecular flexibility index (Phi) is 2.35. The van der Waals surface area contributed by atoms with Gasteiger partial charge < -0.3 is 5.73 Å². The maximum absolute atomic E-state index is 5.55. The lowest BCUT2D eigenvalue weighted by atomic mass is 9.95. The van der Waals surface area contributed by atoms with E-state index in [2.05, 4.69) is 13.8 Å². The normalized spacial score (nSPS) is 38.1. The van der Waals surface area contributed by atoms with Gasteiger partial charge in [-0.05, 0) is 30.7 Å². The van der Waals surface area contributed by atoms with Crippen LogP contribution < -0.4 is 5.73 Å². The predicted molar refractivity (Wildman–Crippen MR) is 44.8 cm³/mol. The maximum atomic E-state index is 5.55. The van der Waals surface area contributed by atoms with Crippen LogP contribution in [0.15, 0.2) is 0 Å². The molecule has 0 bridgehead atoms. The summed E-state index contributed by atoms with van der Waals surface area (Å²) in [6.07, 6.45) is 5.38. The van der Waals surface area contributed by atoms with Crippen LogP contribution in [0.4, 0.5) is 0 Å². The summed E-state index contributed by atoms with van der Waals surface area (Å²) in [5.41, 5.74) is 6.23. The molecule has 0 amide bonds. The Morgan fingerprint density at radius 3 is 2.50 bits per heavy atom. The molecule has 1 nitrogen and oxygen atoms in total. The van der Waals surface area contributed by atoms with Crippen LogP contribution >= 0.6 is 0 Å². The molecule has 1 fully saturated rings. The predicted octanol–water partition coefficient (Wildman–Crippen LogP) is 2.16. The van der Waals surface area contributed by atoms with Crippen molar-refractivity contribution in [2.24, 2.45) is 17.1 Å². The Morgan fingerprint density at radius 2 is 2.20 bits per heavy atom. The first-order valence-corrected chi connectivity index (χ1v) is 4.49. The van der Waals surface area contributed by atoms with E-state index in [9.17, 15) is 0 Å². The van der Waals surface area contributed by atoms with Gasteiger partial charge >= 0.3 is 0 Å². The first-order valence-electron chi connectivity index (χ1n) is 4.49. The minimum Gasteiger partial charge on any atom is -0.330 e. The second-order valence-corrected chi connectivity index (χ2v) is 3.56. The second kappa shape index (κ2) is 2.91. The van der Waals surface area contributed by atoms with E-state index >= 15 is 0 Å². The lowest BCUT2D eigenvalue weighted by Gasteiger charge is -2.12. The summed E-state index contributed by atoms with van der Waals surface area (Å²) in [7, 11) is 0. The lowest BCUT2D eigenvalue weighted by Crippen LogP contribution is -2.10. The summed E-state index contributed by atoms with van der Waals surface area (Å²) in [5, 5.41) is 0. The highest BCUT2D eigenvalue weighted by molar-refractivity contribution is 5.00. The minimum absolute atomic E-state index is 0.684.